The Morgan fingerprint density at radius 1 is 0.960 bits per heavy atom. The van der Waals surface area contributed by atoms with Crippen molar-refractivity contribution >= 4 is 27.3 Å². The number of hydrogen-bond donors (Lipinski definition) is 0. The van der Waals surface area contributed by atoms with Crippen LogP contribution in [0.1, 0.15) is 11.1 Å². The number of hydrogen-bond acceptors (Lipinski definition) is 3. The molecule has 0 bridgehead atoms. The Kier molecular flexibility index (Phi) is 5.67. The highest BCUT2D eigenvalue weighted by Crippen LogP contribution is 2.27. The molecule has 1 fully saturated rings. The van der Waals surface area contributed by atoms with E-state index in [1.807, 2.05) is 55.5 Å². The summed E-state index contributed by atoms with van der Waals surface area (Å²) in [6, 6.07) is 15.6. The lowest BCUT2D eigenvalue weighted by Crippen LogP contribution is -2.49. The van der Waals surface area contributed by atoms with Gasteiger partial charge in [-0.25, -0.2) is 8.42 Å². The first-order chi connectivity index (χ1) is 12.0. The Morgan fingerprint density at radius 2 is 1.64 bits per heavy atom. The molecule has 1 saturated heterocycles. The minimum atomic E-state index is -3.22. The van der Waals surface area contributed by atoms with E-state index in [2.05, 4.69) is 4.90 Å². The quantitative estimate of drug-likeness (QED) is 0.801. The highest BCUT2D eigenvalue weighted by atomic mass is 35.5. The molecule has 0 spiro atoms. The first kappa shape index (κ1) is 18.2. The number of halogens is 1. The van der Waals surface area contributed by atoms with Crippen molar-refractivity contribution in [1.29, 1.82) is 0 Å². The number of anilines is 1. The third-order valence-electron chi connectivity index (χ3n) is 4.70. The van der Waals surface area contributed by atoms with Crippen LogP contribution in [0.15, 0.2) is 48.5 Å². The van der Waals surface area contributed by atoms with Crippen LogP contribution < -0.4 is 4.90 Å². The van der Waals surface area contributed by atoms with E-state index in [0.717, 1.165) is 21.8 Å². The molecule has 0 radical (unpaired) electrons. The van der Waals surface area contributed by atoms with Crippen LogP contribution in [-0.4, -0.2) is 44.7 Å². The first-order valence-corrected chi connectivity index (χ1v) is 10.5. The zero-order valence-electron chi connectivity index (χ0n) is 14.4. The molecule has 0 unspecified atom stereocenters. The number of piperazine rings is 1. The van der Waals surface area contributed by atoms with Crippen LogP contribution in [0.25, 0.3) is 0 Å². The second-order valence-corrected chi connectivity index (χ2v) is 8.82. The van der Waals surface area contributed by atoms with Gasteiger partial charge in [0.05, 0.1) is 5.75 Å². The zero-order chi connectivity index (χ0) is 17.9. The molecule has 6 heteroatoms. The van der Waals surface area contributed by atoms with E-state index < -0.39 is 10.0 Å². The number of rotatable bonds is 5. The maximum atomic E-state index is 12.6. The average molecular weight is 379 g/mol. The number of benzene rings is 2. The van der Waals surface area contributed by atoms with Crippen molar-refractivity contribution in [2.75, 3.05) is 36.8 Å². The summed E-state index contributed by atoms with van der Waals surface area (Å²) in [5.41, 5.74) is 3.19. The summed E-state index contributed by atoms with van der Waals surface area (Å²) in [6.45, 7) is 4.41. The van der Waals surface area contributed by atoms with Gasteiger partial charge in [-0.1, -0.05) is 48.0 Å². The van der Waals surface area contributed by atoms with Gasteiger partial charge in [0, 0.05) is 36.9 Å². The van der Waals surface area contributed by atoms with Crippen molar-refractivity contribution in [3.05, 3.63) is 64.7 Å². The second-order valence-electron chi connectivity index (χ2n) is 6.32. The van der Waals surface area contributed by atoms with E-state index in [0.29, 0.717) is 32.6 Å². The van der Waals surface area contributed by atoms with E-state index in [1.165, 1.54) is 0 Å². The number of sulfonamides is 1. The predicted octanol–water partition coefficient (Wildman–Crippen LogP) is 3.34. The topological polar surface area (TPSA) is 40.6 Å². The van der Waals surface area contributed by atoms with Crippen LogP contribution in [0.5, 0.6) is 0 Å². The van der Waals surface area contributed by atoms with Gasteiger partial charge in [-0.3, -0.25) is 0 Å². The molecule has 0 N–H and O–H groups in total. The predicted molar refractivity (Wildman–Crippen MR) is 104 cm³/mol. The second kappa shape index (κ2) is 7.77. The van der Waals surface area contributed by atoms with Gasteiger partial charge in [0.15, 0.2) is 0 Å². The highest BCUT2D eigenvalue weighted by Gasteiger charge is 2.27. The summed E-state index contributed by atoms with van der Waals surface area (Å²) in [4.78, 5) is 2.21. The molecule has 1 heterocycles. The first-order valence-electron chi connectivity index (χ1n) is 8.49. The Hall–Kier alpha value is -1.56. The lowest BCUT2D eigenvalue weighted by Gasteiger charge is -2.36. The van der Waals surface area contributed by atoms with Gasteiger partial charge in [-0.05, 0) is 36.6 Å². The van der Waals surface area contributed by atoms with Gasteiger partial charge in [-0.15, -0.1) is 0 Å². The summed E-state index contributed by atoms with van der Waals surface area (Å²) in [6.07, 6.45) is 0.552. The zero-order valence-corrected chi connectivity index (χ0v) is 15.9. The van der Waals surface area contributed by atoms with Gasteiger partial charge < -0.3 is 4.90 Å². The molecule has 0 atom stereocenters. The lowest BCUT2D eigenvalue weighted by atomic mass is 10.1. The van der Waals surface area contributed by atoms with Crippen molar-refractivity contribution in [3.8, 4) is 0 Å². The van der Waals surface area contributed by atoms with E-state index >= 15 is 0 Å². The van der Waals surface area contributed by atoms with Gasteiger partial charge in [0.25, 0.3) is 0 Å². The summed E-state index contributed by atoms with van der Waals surface area (Å²) in [5, 5.41) is 0.746. The third-order valence-corrected chi connectivity index (χ3v) is 6.98. The Balaban J connectivity index is 1.60. The van der Waals surface area contributed by atoms with Crippen molar-refractivity contribution < 1.29 is 8.42 Å². The van der Waals surface area contributed by atoms with Crippen LogP contribution in [0, 0.1) is 6.92 Å². The monoisotopic (exact) mass is 378 g/mol. The Labute approximate surface area is 155 Å². The minimum Gasteiger partial charge on any atom is -0.369 e. The Morgan fingerprint density at radius 3 is 2.32 bits per heavy atom. The van der Waals surface area contributed by atoms with E-state index in [-0.39, 0.29) is 5.75 Å². The molecule has 0 aromatic heterocycles. The molecular weight excluding hydrogens is 356 g/mol. The van der Waals surface area contributed by atoms with Crippen LogP contribution in [0.2, 0.25) is 5.02 Å². The van der Waals surface area contributed by atoms with E-state index in [4.69, 9.17) is 11.6 Å². The van der Waals surface area contributed by atoms with Crippen LogP contribution >= 0.6 is 11.6 Å². The molecule has 3 rings (SSSR count). The Bertz CT molecular complexity index is 817. The molecule has 0 saturated carbocycles. The molecule has 2 aromatic rings. The molecule has 134 valence electrons. The fourth-order valence-electron chi connectivity index (χ4n) is 3.17. The van der Waals surface area contributed by atoms with Crippen molar-refractivity contribution in [3.63, 3.8) is 0 Å². The van der Waals surface area contributed by atoms with Crippen LogP contribution in [-0.2, 0) is 16.4 Å². The summed E-state index contributed by atoms with van der Waals surface area (Å²) >= 11 is 6.20. The average Bonchev–Trinajstić information content (AvgIpc) is 2.63. The van der Waals surface area contributed by atoms with Crippen LogP contribution in [0.4, 0.5) is 5.69 Å². The van der Waals surface area contributed by atoms with Gasteiger partial charge >= 0.3 is 0 Å². The molecule has 4 nitrogen and oxygen atoms in total. The third kappa shape index (κ3) is 4.35. The van der Waals surface area contributed by atoms with E-state index in [9.17, 15) is 8.42 Å². The molecule has 1 aliphatic heterocycles. The molecule has 25 heavy (non-hydrogen) atoms. The summed E-state index contributed by atoms with van der Waals surface area (Å²) < 4.78 is 26.8. The number of nitrogens with zero attached hydrogens (tertiary/aromatic N) is 2. The fraction of sp³-hybridized carbons (Fsp3) is 0.368. The summed E-state index contributed by atoms with van der Waals surface area (Å²) in [5.74, 6) is 0.160. The normalized spacial score (nSPS) is 16.2. The molecule has 0 aliphatic carbocycles. The van der Waals surface area contributed by atoms with E-state index in [1.54, 1.807) is 4.31 Å². The maximum Gasteiger partial charge on any atom is 0.214 e. The molecule has 1 aliphatic rings. The maximum absolute atomic E-state index is 12.6. The SMILES string of the molecule is Cc1c(Cl)cccc1N1CCN(S(=O)(=O)CCc2ccccc2)CC1. The lowest BCUT2D eigenvalue weighted by molar-refractivity contribution is 0.384. The van der Waals surface area contributed by atoms with Crippen LogP contribution in [0.3, 0.4) is 0 Å². The summed E-state index contributed by atoms with van der Waals surface area (Å²) in [7, 11) is -3.22. The van der Waals surface area contributed by atoms with Crippen molar-refractivity contribution in [2.24, 2.45) is 0 Å². The fourth-order valence-corrected chi connectivity index (χ4v) is 4.81. The molecular formula is C19H23ClN2O2S. The van der Waals surface area contributed by atoms with Crippen molar-refractivity contribution in [1.82, 2.24) is 4.31 Å². The van der Waals surface area contributed by atoms with Gasteiger partial charge in [0.1, 0.15) is 0 Å². The standard InChI is InChI=1S/C19H23ClN2O2S/c1-16-18(20)8-5-9-19(16)21-11-13-22(14-12-21)25(23,24)15-10-17-6-3-2-4-7-17/h2-9H,10-15H2,1H3. The molecule has 0 amide bonds. The largest absolute Gasteiger partial charge is 0.369 e. The molecule has 2 aromatic carbocycles. The minimum absolute atomic E-state index is 0.160. The number of aryl methyl sites for hydroxylation is 1. The van der Waals surface area contributed by atoms with Gasteiger partial charge in [0.2, 0.25) is 10.0 Å². The van der Waals surface area contributed by atoms with Crippen molar-refractivity contribution in [2.45, 2.75) is 13.3 Å². The smallest absolute Gasteiger partial charge is 0.214 e. The van der Waals surface area contributed by atoms with Gasteiger partial charge in [-0.2, -0.15) is 4.31 Å². The highest BCUT2D eigenvalue weighted by molar-refractivity contribution is 7.89.